The number of rotatable bonds is 7. The summed E-state index contributed by atoms with van der Waals surface area (Å²) in [5.41, 5.74) is -2.53. The molecule has 2 atom stereocenters. The summed E-state index contributed by atoms with van der Waals surface area (Å²) in [5, 5.41) is 3.87. The molecule has 0 aliphatic carbocycles. The molecule has 3 rings (SSSR count). The average Bonchev–Trinajstić information content (AvgIpc) is 3.13. The Kier molecular flexibility index (Phi) is 5.80. The molecule has 0 unspecified atom stereocenters. The summed E-state index contributed by atoms with van der Waals surface area (Å²) < 4.78 is 59.6. The third-order valence-corrected chi connectivity index (χ3v) is 4.82. The van der Waals surface area contributed by atoms with Crippen LogP contribution in [-0.2, 0) is 21.2 Å². The number of benzene rings is 1. The quantitative estimate of drug-likeness (QED) is 0.549. The molecule has 0 aliphatic rings. The van der Waals surface area contributed by atoms with E-state index in [1.54, 1.807) is 0 Å². The van der Waals surface area contributed by atoms with Gasteiger partial charge in [0, 0.05) is 11.6 Å². The zero-order valence-electron chi connectivity index (χ0n) is 14.9. The summed E-state index contributed by atoms with van der Waals surface area (Å²) >= 11 is 0. The van der Waals surface area contributed by atoms with Crippen LogP contribution in [0.25, 0.3) is 0 Å². The van der Waals surface area contributed by atoms with Crippen molar-refractivity contribution in [2.45, 2.75) is 25.0 Å². The highest BCUT2D eigenvalue weighted by atomic mass is 31.2. The number of phosphoric acid groups is 1. The predicted molar refractivity (Wildman–Crippen MR) is 91.6 cm³/mol. The summed E-state index contributed by atoms with van der Waals surface area (Å²) in [6, 6.07) is 2.46. The van der Waals surface area contributed by atoms with Crippen molar-refractivity contribution < 1.29 is 32.0 Å². The number of halogens is 3. The Balaban J connectivity index is 2.25. The molecule has 1 aromatic carbocycles. The topological polar surface area (TPSA) is 123 Å². The second-order valence-electron chi connectivity index (χ2n) is 6.17. The molecule has 9 nitrogen and oxygen atoms in total. The van der Waals surface area contributed by atoms with Gasteiger partial charge in [-0.15, -0.1) is 0 Å². The Bertz CT molecular complexity index is 1030. The highest BCUT2D eigenvalue weighted by Gasteiger charge is 2.48. The second-order valence-corrected chi connectivity index (χ2v) is 7.33. The van der Waals surface area contributed by atoms with E-state index in [-0.39, 0.29) is 11.4 Å². The van der Waals surface area contributed by atoms with Gasteiger partial charge in [-0.25, -0.2) is 37.4 Å². The molecule has 2 heterocycles. The van der Waals surface area contributed by atoms with Crippen molar-refractivity contribution in [2.75, 3.05) is 0 Å². The van der Waals surface area contributed by atoms with Gasteiger partial charge < -0.3 is 9.79 Å². The van der Waals surface area contributed by atoms with Crippen molar-refractivity contribution in [2.24, 2.45) is 0 Å². The molecule has 0 spiro atoms. The number of hydrogen-bond donors (Lipinski definition) is 2. The van der Waals surface area contributed by atoms with Crippen LogP contribution in [0.4, 0.5) is 13.2 Å². The lowest BCUT2D eigenvalue weighted by Gasteiger charge is -2.38. The van der Waals surface area contributed by atoms with Crippen LogP contribution in [-0.4, -0.2) is 34.5 Å². The third-order valence-electron chi connectivity index (χ3n) is 4.26. The van der Waals surface area contributed by atoms with Gasteiger partial charge in [0.2, 0.25) is 0 Å². The van der Waals surface area contributed by atoms with Gasteiger partial charge in [0.25, 0.3) is 0 Å². The maximum absolute atomic E-state index is 14.8. The first-order valence-electron chi connectivity index (χ1n) is 8.12. The molecule has 0 saturated heterocycles. The molecule has 154 valence electrons. The minimum absolute atomic E-state index is 0.0938. The number of phosphoric ester groups is 1. The molecule has 0 radical (unpaired) electrons. The van der Waals surface area contributed by atoms with Gasteiger partial charge in [0.05, 0.1) is 24.9 Å². The van der Waals surface area contributed by atoms with Crippen molar-refractivity contribution in [1.29, 1.82) is 0 Å². The molecule has 13 heteroatoms. The Morgan fingerprint density at radius 1 is 1.21 bits per heavy atom. The van der Waals surface area contributed by atoms with E-state index in [2.05, 4.69) is 20.1 Å². The second kappa shape index (κ2) is 7.99. The van der Waals surface area contributed by atoms with Crippen LogP contribution in [0.5, 0.6) is 0 Å². The Morgan fingerprint density at radius 2 is 1.90 bits per heavy atom. The Hall–Kier alpha value is -2.66. The van der Waals surface area contributed by atoms with E-state index in [1.807, 2.05) is 0 Å². The molecular weight excluding hydrogens is 414 g/mol. The van der Waals surface area contributed by atoms with Gasteiger partial charge in [-0.1, -0.05) is 13.0 Å². The standard InChI is InChI=1S/C16H15F3N5O4P/c1-10(15-21-5-12(18)6-22-15)16(28-29(25,26)27,7-24-9-20-8-23-24)13-3-2-11(17)4-14(13)19/h2-6,8-10H,7H2,1H3,(H2,25,26,27)/t10-,16+/m0/s1. The number of aromatic nitrogens is 5. The van der Waals surface area contributed by atoms with Gasteiger partial charge in [-0.3, -0.25) is 4.52 Å². The minimum Gasteiger partial charge on any atom is -0.303 e. The highest BCUT2D eigenvalue weighted by molar-refractivity contribution is 7.46. The van der Waals surface area contributed by atoms with Crippen LogP contribution in [0.2, 0.25) is 0 Å². The molecule has 2 aromatic heterocycles. The maximum Gasteiger partial charge on any atom is 0.470 e. The van der Waals surface area contributed by atoms with Crippen molar-refractivity contribution in [3.63, 3.8) is 0 Å². The van der Waals surface area contributed by atoms with E-state index >= 15 is 0 Å². The van der Waals surface area contributed by atoms with E-state index in [9.17, 15) is 27.5 Å². The van der Waals surface area contributed by atoms with Gasteiger partial charge in [-0.05, 0) is 6.07 Å². The van der Waals surface area contributed by atoms with Gasteiger partial charge in [0.1, 0.15) is 35.7 Å². The molecule has 0 bridgehead atoms. The van der Waals surface area contributed by atoms with Crippen LogP contribution >= 0.6 is 7.82 Å². The molecule has 29 heavy (non-hydrogen) atoms. The summed E-state index contributed by atoms with van der Waals surface area (Å²) in [7, 11) is -5.24. The highest BCUT2D eigenvalue weighted by Crippen LogP contribution is 2.52. The van der Waals surface area contributed by atoms with E-state index < -0.39 is 43.3 Å². The maximum atomic E-state index is 14.8. The van der Waals surface area contributed by atoms with Gasteiger partial charge in [-0.2, -0.15) is 5.10 Å². The first kappa shape index (κ1) is 21.1. The molecule has 0 aliphatic heterocycles. The number of nitrogens with zero attached hydrogens (tertiary/aromatic N) is 5. The minimum atomic E-state index is -5.24. The summed E-state index contributed by atoms with van der Waals surface area (Å²) in [6.07, 6.45) is 4.06. The van der Waals surface area contributed by atoms with Crippen LogP contribution in [0.3, 0.4) is 0 Å². The molecular formula is C16H15F3N5O4P. The fraction of sp³-hybridized carbons (Fsp3) is 0.250. The largest absolute Gasteiger partial charge is 0.470 e. The van der Waals surface area contributed by atoms with Crippen LogP contribution in [0.1, 0.15) is 24.2 Å². The zero-order chi connectivity index (χ0) is 21.2. The average molecular weight is 429 g/mol. The zero-order valence-corrected chi connectivity index (χ0v) is 15.7. The molecule has 0 saturated carbocycles. The Morgan fingerprint density at radius 3 is 2.45 bits per heavy atom. The van der Waals surface area contributed by atoms with E-state index in [4.69, 9.17) is 4.52 Å². The first-order valence-corrected chi connectivity index (χ1v) is 9.65. The molecule has 3 aromatic rings. The SMILES string of the molecule is C[C@@H](c1ncc(F)cn1)[C@@](Cn1cncn1)(OP(=O)(O)O)c1ccc(F)cc1F. The van der Waals surface area contributed by atoms with Gasteiger partial charge >= 0.3 is 7.82 Å². The summed E-state index contributed by atoms with van der Waals surface area (Å²) in [4.78, 5) is 30.5. The van der Waals surface area contributed by atoms with E-state index in [1.165, 1.54) is 13.3 Å². The van der Waals surface area contributed by atoms with Gasteiger partial charge in [0.15, 0.2) is 5.82 Å². The summed E-state index contributed by atoms with van der Waals surface area (Å²) in [5.74, 6) is -3.99. The van der Waals surface area contributed by atoms with Crippen LogP contribution in [0, 0.1) is 17.5 Å². The van der Waals surface area contributed by atoms with Crippen molar-refractivity contribution >= 4 is 7.82 Å². The van der Waals surface area contributed by atoms with Crippen LogP contribution < -0.4 is 0 Å². The van der Waals surface area contributed by atoms with E-state index in [0.717, 1.165) is 35.5 Å². The normalized spacial score (nSPS) is 15.1. The first-order chi connectivity index (χ1) is 13.6. The summed E-state index contributed by atoms with van der Waals surface area (Å²) in [6.45, 7) is 0.963. The predicted octanol–water partition coefficient (Wildman–Crippen LogP) is 2.29. The monoisotopic (exact) mass is 429 g/mol. The van der Waals surface area contributed by atoms with Crippen molar-refractivity contribution in [3.05, 3.63) is 72.1 Å². The third kappa shape index (κ3) is 4.67. The lowest BCUT2D eigenvalue weighted by atomic mass is 9.81. The van der Waals surface area contributed by atoms with E-state index in [0.29, 0.717) is 6.07 Å². The van der Waals surface area contributed by atoms with Crippen LogP contribution in [0.15, 0.2) is 43.2 Å². The fourth-order valence-electron chi connectivity index (χ4n) is 2.97. The lowest BCUT2D eigenvalue weighted by molar-refractivity contribution is -0.0127. The van der Waals surface area contributed by atoms with Crippen molar-refractivity contribution in [3.8, 4) is 0 Å². The smallest absolute Gasteiger partial charge is 0.303 e. The lowest BCUT2D eigenvalue weighted by Crippen LogP contribution is -2.41. The molecule has 0 fully saturated rings. The Labute approximate surface area is 162 Å². The van der Waals surface area contributed by atoms with Crippen molar-refractivity contribution in [1.82, 2.24) is 24.7 Å². The fourth-order valence-corrected chi connectivity index (χ4v) is 3.71. The molecule has 2 N–H and O–H groups in total. The molecule has 0 amide bonds. The number of hydrogen-bond acceptors (Lipinski definition) is 6.